The molecule has 26 heavy (non-hydrogen) atoms. The summed E-state index contributed by atoms with van der Waals surface area (Å²) in [6.45, 7) is 1.86. The van der Waals surface area contributed by atoms with Crippen LogP contribution in [0.25, 0.3) is 0 Å². The average Bonchev–Trinajstić information content (AvgIpc) is 3.23. The first-order valence-electron chi connectivity index (χ1n) is 10.1. The fourth-order valence-corrected chi connectivity index (χ4v) is 4.32. The van der Waals surface area contributed by atoms with E-state index in [0.29, 0.717) is 6.42 Å². The molecule has 138 valence electrons. The van der Waals surface area contributed by atoms with Crippen LogP contribution >= 0.6 is 0 Å². The van der Waals surface area contributed by atoms with Gasteiger partial charge >= 0.3 is 0 Å². The number of nitrogens with zero attached hydrogens (tertiary/aromatic N) is 4. The highest BCUT2D eigenvalue weighted by atomic mass is 16.2. The molecule has 0 radical (unpaired) electrons. The van der Waals surface area contributed by atoms with Gasteiger partial charge in [0.2, 0.25) is 5.91 Å². The summed E-state index contributed by atoms with van der Waals surface area (Å²) in [5, 5.41) is 8.93. The van der Waals surface area contributed by atoms with E-state index in [2.05, 4.69) is 43.9 Å². The van der Waals surface area contributed by atoms with Crippen molar-refractivity contribution in [1.29, 1.82) is 0 Å². The maximum atomic E-state index is 12.8. The molecule has 4 rings (SSSR count). The molecule has 1 atom stereocenters. The molecule has 2 aromatic rings. The van der Waals surface area contributed by atoms with Gasteiger partial charge < -0.3 is 9.47 Å². The van der Waals surface area contributed by atoms with Gasteiger partial charge in [0.1, 0.15) is 5.82 Å². The van der Waals surface area contributed by atoms with Crippen LogP contribution in [0.3, 0.4) is 0 Å². The molecular weight excluding hydrogens is 324 g/mol. The number of benzene rings is 1. The van der Waals surface area contributed by atoms with E-state index in [1.807, 2.05) is 6.07 Å². The Morgan fingerprint density at radius 3 is 2.81 bits per heavy atom. The Morgan fingerprint density at radius 2 is 1.92 bits per heavy atom. The van der Waals surface area contributed by atoms with Gasteiger partial charge in [-0.15, -0.1) is 10.2 Å². The highest BCUT2D eigenvalue weighted by molar-refractivity contribution is 5.76. The number of hydrogen-bond acceptors (Lipinski definition) is 3. The summed E-state index contributed by atoms with van der Waals surface area (Å²) in [6.07, 6.45) is 9.24. The van der Waals surface area contributed by atoms with Crippen LogP contribution in [0.15, 0.2) is 30.3 Å². The van der Waals surface area contributed by atoms with Crippen molar-refractivity contribution in [3.8, 4) is 0 Å². The number of aryl methyl sites for hydroxylation is 2. The Labute approximate surface area is 155 Å². The summed E-state index contributed by atoms with van der Waals surface area (Å²) in [6, 6.07) is 10.5. The molecule has 0 saturated carbocycles. The van der Waals surface area contributed by atoms with Crippen LogP contribution in [0.2, 0.25) is 0 Å². The lowest BCUT2D eigenvalue weighted by Gasteiger charge is -2.24. The van der Waals surface area contributed by atoms with E-state index in [4.69, 9.17) is 0 Å². The van der Waals surface area contributed by atoms with E-state index >= 15 is 0 Å². The molecule has 1 aromatic carbocycles. The fraction of sp³-hybridized carbons (Fsp3) is 0.571. The minimum atomic E-state index is 0.124. The smallest absolute Gasteiger partial charge is 0.223 e. The number of carbonyl (C=O) groups excluding carboxylic acids is 1. The van der Waals surface area contributed by atoms with Crippen LogP contribution in [-0.2, 0) is 24.2 Å². The van der Waals surface area contributed by atoms with E-state index in [1.54, 1.807) is 0 Å². The lowest BCUT2D eigenvalue weighted by molar-refractivity contribution is -0.132. The van der Waals surface area contributed by atoms with Crippen LogP contribution in [0.1, 0.15) is 68.2 Å². The van der Waals surface area contributed by atoms with Crippen molar-refractivity contribution in [3.05, 3.63) is 47.5 Å². The standard InChI is InChI=1S/C21H28N4O/c26-20(14-7-11-17-9-3-1-4-10-17)24-16-8-12-18(24)21-23-22-19-13-5-2-6-15-25(19)21/h1,3-4,9-10,18H,2,5-8,11-16H2/t18-/m1/s1. The number of amides is 1. The van der Waals surface area contributed by atoms with Crippen molar-refractivity contribution >= 4 is 5.91 Å². The largest absolute Gasteiger partial charge is 0.332 e. The molecule has 0 bridgehead atoms. The van der Waals surface area contributed by atoms with Crippen molar-refractivity contribution in [2.75, 3.05) is 6.54 Å². The molecule has 2 aliphatic heterocycles. The van der Waals surface area contributed by atoms with Gasteiger partial charge in [-0.3, -0.25) is 4.79 Å². The van der Waals surface area contributed by atoms with Gasteiger partial charge in [0.25, 0.3) is 0 Å². The maximum Gasteiger partial charge on any atom is 0.223 e. The lowest BCUT2D eigenvalue weighted by atomic mass is 10.1. The summed E-state index contributed by atoms with van der Waals surface area (Å²) in [5.74, 6) is 2.41. The first kappa shape index (κ1) is 17.3. The average molecular weight is 352 g/mol. The van der Waals surface area contributed by atoms with Gasteiger partial charge in [-0.1, -0.05) is 36.8 Å². The second kappa shape index (κ2) is 8.02. The summed E-state index contributed by atoms with van der Waals surface area (Å²) in [4.78, 5) is 14.9. The van der Waals surface area contributed by atoms with E-state index in [-0.39, 0.29) is 11.9 Å². The molecule has 0 spiro atoms. The first-order valence-corrected chi connectivity index (χ1v) is 10.1. The topological polar surface area (TPSA) is 51.0 Å². The zero-order chi connectivity index (χ0) is 17.8. The van der Waals surface area contributed by atoms with Crippen LogP contribution in [0, 0.1) is 0 Å². The Morgan fingerprint density at radius 1 is 1.04 bits per heavy atom. The third-order valence-corrected chi connectivity index (χ3v) is 5.71. The minimum absolute atomic E-state index is 0.124. The van der Waals surface area contributed by atoms with E-state index in [9.17, 15) is 4.79 Å². The van der Waals surface area contributed by atoms with Gasteiger partial charge in [-0.25, -0.2) is 0 Å². The van der Waals surface area contributed by atoms with Crippen LogP contribution in [0.4, 0.5) is 0 Å². The molecule has 5 heteroatoms. The molecule has 0 aliphatic carbocycles. The molecule has 3 heterocycles. The Bertz CT molecular complexity index is 740. The lowest BCUT2D eigenvalue weighted by Crippen LogP contribution is -2.32. The zero-order valence-corrected chi connectivity index (χ0v) is 15.4. The Balaban J connectivity index is 1.40. The normalized spacial score (nSPS) is 20.0. The van der Waals surface area contributed by atoms with E-state index < -0.39 is 0 Å². The van der Waals surface area contributed by atoms with Crippen molar-refractivity contribution in [2.24, 2.45) is 0 Å². The third kappa shape index (κ3) is 3.67. The van der Waals surface area contributed by atoms with Gasteiger partial charge in [0, 0.05) is 25.9 Å². The Kier molecular flexibility index (Phi) is 5.32. The van der Waals surface area contributed by atoms with Gasteiger partial charge in [0.15, 0.2) is 5.82 Å². The second-order valence-electron chi connectivity index (χ2n) is 7.52. The quantitative estimate of drug-likeness (QED) is 0.824. The molecule has 1 amide bonds. The predicted molar refractivity (Wildman–Crippen MR) is 101 cm³/mol. The van der Waals surface area contributed by atoms with Crippen molar-refractivity contribution in [2.45, 2.75) is 70.4 Å². The van der Waals surface area contributed by atoms with Gasteiger partial charge in [0.05, 0.1) is 6.04 Å². The molecule has 0 unspecified atom stereocenters. The monoisotopic (exact) mass is 352 g/mol. The van der Waals surface area contributed by atoms with Crippen LogP contribution < -0.4 is 0 Å². The molecule has 0 N–H and O–H groups in total. The fourth-order valence-electron chi connectivity index (χ4n) is 4.32. The zero-order valence-electron chi connectivity index (χ0n) is 15.4. The number of aromatic nitrogens is 3. The molecule has 1 aromatic heterocycles. The van der Waals surface area contributed by atoms with E-state index in [0.717, 1.165) is 56.8 Å². The number of likely N-dealkylation sites (tertiary alicyclic amines) is 1. The highest BCUT2D eigenvalue weighted by Gasteiger charge is 2.34. The summed E-state index contributed by atoms with van der Waals surface area (Å²) >= 11 is 0. The predicted octanol–water partition coefficient (Wildman–Crippen LogP) is 3.69. The number of carbonyl (C=O) groups is 1. The van der Waals surface area contributed by atoms with E-state index in [1.165, 1.54) is 24.8 Å². The third-order valence-electron chi connectivity index (χ3n) is 5.71. The Hall–Kier alpha value is -2.17. The SMILES string of the molecule is O=C(CCCc1ccccc1)N1CCC[C@@H]1c1nnc2n1CCCCC2. The van der Waals surface area contributed by atoms with Gasteiger partial charge in [-0.2, -0.15) is 0 Å². The van der Waals surface area contributed by atoms with Crippen LogP contribution in [0.5, 0.6) is 0 Å². The summed E-state index contributed by atoms with van der Waals surface area (Å²) < 4.78 is 2.30. The molecule has 2 aliphatic rings. The molecule has 1 fully saturated rings. The summed E-state index contributed by atoms with van der Waals surface area (Å²) in [5.41, 5.74) is 1.31. The van der Waals surface area contributed by atoms with Crippen molar-refractivity contribution in [3.63, 3.8) is 0 Å². The number of hydrogen-bond donors (Lipinski definition) is 0. The number of fused-ring (bicyclic) bond motifs is 1. The second-order valence-corrected chi connectivity index (χ2v) is 7.52. The first-order chi connectivity index (χ1) is 12.8. The molecule has 1 saturated heterocycles. The molecular formula is C21H28N4O. The van der Waals surface area contributed by atoms with Crippen molar-refractivity contribution in [1.82, 2.24) is 19.7 Å². The maximum absolute atomic E-state index is 12.8. The van der Waals surface area contributed by atoms with Gasteiger partial charge in [-0.05, 0) is 44.1 Å². The summed E-state index contributed by atoms with van der Waals surface area (Å²) in [7, 11) is 0. The van der Waals surface area contributed by atoms with Crippen LogP contribution in [-0.4, -0.2) is 32.1 Å². The molecule has 5 nitrogen and oxygen atoms in total. The van der Waals surface area contributed by atoms with Crippen molar-refractivity contribution < 1.29 is 4.79 Å². The highest BCUT2D eigenvalue weighted by Crippen LogP contribution is 2.33. The minimum Gasteiger partial charge on any atom is -0.332 e. The number of rotatable bonds is 5.